The number of furan rings is 1. The molecule has 11 heteroatoms. The third-order valence-electron chi connectivity index (χ3n) is 5.75. The Morgan fingerprint density at radius 3 is 2.49 bits per heavy atom. The number of rotatable bonds is 5. The average Bonchev–Trinajstić information content (AvgIpc) is 3.44. The Morgan fingerprint density at radius 1 is 1.06 bits per heavy atom. The van der Waals surface area contributed by atoms with Crippen LogP contribution in [0.4, 0.5) is 10.6 Å². The highest BCUT2D eigenvalue weighted by molar-refractivity contribution is 6.10. The molecule has 4 amide bonds. The van der Waals surface area contributed by atoms with Gasteiger partial charge in [-0.1, -0.05) is 18.2 Å². The van der Waals surface area contributed by atoms with E-state index in [-0.39, 0.29) is 0 Å². The fourth-order valence-corrected chi connectivity index (χ4v) is 4.10. The summed E-state index contributed by atoms with van der Waals surface area (Å²) in [4.78, 5) is 48.4. The van der Waals surface area contributed by atoms with Crippen LogP contribution in [0.1, 0.15) is 29.8 Å². The summed E-state index contributed by atoms with van der Waals surface area (Å²) in [6.45, 7) is 6.51. The molecule has 35 heavy (non-hydrogen) atoms. The minimum absolute atomic E-state index is 0.292. The number of carbonyl (C=O) groups excluding carboxylic acids is 3. The lowest BCUT2D eigenvalue weighted by molar-refractivity contribution is -0.134. The minimum Gasteiger partial charge on any atom is -0.458 e. The van der Waals surface area contributed by atoms with E-state index in [1.165, 1.54) is 4.68 Å². The fraction of sp³-hybridized carbons (Fsp3) is 0.250. The number of imide groups is 1. The van der Waals surface area contributed by atoms with Crippen molar-refractivity contribution in [1.29, 1.82) is 0 Å². The number of aryl methyl sites for hydroxylation is 3. The Labute approximate surface area is 200 Å². The van der Waals surface area contributed by atoms with Gasteiger partial charge in [0, 0.05) is 22.8 Å². The maximum absolute atomic E-state index is 13.2. The van der Waals surface area contributed by atoms with Crippen LogP contribution in [0.5, 0.6) is 0 Å². The number of hydrogen-bond acceptors (Lipinski definition) is 7. The van der Waals surface area contributed by atoms with Crippen LogP contribution in [0.3, 0.4) is 0 Å². The van der Waals surface area contributed by atoms with Crippen molar-refractivity contribution in [2.24, 2.45) is 0 Å². The number of anilines is 1. The molecule has 0 aliphatic carbocycles. The Balaban J connectivity index is 1.36. The molecule has 178 valence electrons. The highest BCUT2D eigenvalue weighted by Gasteiger charge is 2.51. The topological polar surface area (TPSA) is 135 Å². The van der Waals surface area contributed by atoms with Crippen LogP contribution in [0.25, 0.3) is 16.9 Å². The van der Waals surface area contributed by atoms with Gasteiger partial charge in [-0.15, -0.1) is 0 Å². The predicted molar refractivity (Wildman–Crippen MR) is 126 cm³/mol. The molecule has 1 fully saturated rings. The van der Waals surface area contributed by atoms with Crippen LogP contribution in [0.2, 0.25) is 0 Å². The lowest BCUT2D eigenvalue weighted by Crippen LogP contribution is -2.42. The summed E-state index contributed by atoms with van der Waals surface area (Å²) in [5.74, 6) is -0.240. The van der Waals surface area contributed by atoms with Gasteiger partial charge >= 0.3 is 6.03 Å². The molecule has 0 radical (unpaired) electrons. The third kappa shape index (κ3) is 3.90. The number of nitrogens with one attached hydrogen (secondary N) is 2. The van der Waals surface area contributed by atoms with Gasteiger partial charge in [0.25, 0.3) is 11.9 Å². The highest BCUT2D eigenvalue weighted by Crippen LogP contribution is 2.33. The summed E-state index contributed by atoms with van der Waals surface area (Å²) in [6.07, 6.45) is 0. The first-order chi connectivity index (χ1) is 16.6. The molecule has 1 saturated heterocycles. The molecular formula is C24H23N7O4. The van der Waals surface area contributed by atoms with Crippen LogP contribution in [0, 0.1) is 20.8 Å². The van der Waals surface area contributed by atoms with E-state index in [1.807, 2.05) is 38.1 Å². The summed E-state index contributed by atoms with van der Waals surface area (Å²) < 4.78 is 7.24. The second kappa shape index (κ2) is 8.05. The molecule has 4 heterocycles. The van der Waals surface area contributed by atoms with Gasteiger partial charge in [0.2, 0.25) is 5.91 Å². The summed E-state index contributed by atoms with van der Waals surface area (Å²) >= 11 is 0. The van der Waals surface area contributed by atoms with Gasteiger partial charge in [-0.3, -0.25) is 14.5 Å². The monoisotopic (exact) mass is 473 g/mol. The molecule has 1 unspecified atom stereocenters. The molecular weight excluding hydrogens is 450 g/mol. The Hall–Kier alpha value is -4.54. The smallest absolute Gasteiger partial charge is 0.325 e. The zero-order valence-corrected chi connectivity index (χ0v) is 19.6. The van der Waals surface area contributed by atoms with Crippen molar-refractivity contribution in [3.8, 4) is 5.95 Å². The van der Waals surface area contributed by atoms with Crippen molar-refractivity contribution in [2.75, 3.05) is 11.9 Å². The minimum atomic E-state index is -1.43. The SMILES string of the molecule is Cc1cc(C)nc(-n2nc(C)cc2NC(=O)CN2C(=O)NC(C)(c3cc4ccccc4o3)C2=O)n1. The Bertz CT molecular complexity index is 1450. The van der Waals surface area contributed by atoms with Crippen LogP contribution in [-0.2, 0) is 15.1 Å². The quantitative estimate of drug-likeness (QED) is 0.426. The van der Waals surface area contributed by atoms with Crippen molar-refractivity contribution < 1.29 is 18.8 Å². The van der Waals surface area contributed by atoms with E-state index in [0.29, 0.717) is 28.8 Å². The number of para-hydroxylation sites is 1. The second-order valence-corrected chi connectivity index (χ2v) is 8.68. The Morgan fingerprint density at radius 2 is 1.77 bits per heavy atom. The molecule has 1 aliphatic heterocycles. The first kappa shape index (κ1) is 22.3. The van der Waals surface area contributed by atoms with Crippen LogP contribution < -0.4 is 10.6 Å². The second-order valence-electron chi connectivity index (χ2n) is 8.68. The van der Waals surface area contributed by atoms with Crippen LogP contribution >= 0.6 is 0 Å². The number of urea groups is 1. The van der Waals surface area contributed by atoms with Gasteiger partial charge in [0.1, 0.15) is 23.7 Å². The third-order valence-corrected chi connectivity index (χ3v) is 5.75. The normalized spacial score (nSPS) is 17.8. The van der Waals surface area contributed by atoms with E-state index in [4.69, 9.17) is 4.42 Å². The molecule has 5 rings (SSSR count). The van der Waals surface area contributed by atoms with Crippen molar-refractivity contribution in [2.45, 2.75) is 33.2 Å². The molecule has 0 spiro atoms. The summed E-state index contributed by atoms with van der Waals surface area (Å²) in [7, 11) is 0. The van der Waals surface area contributed by atoms with E-state index in [9.17, 15) is 14.4 Å². The van der Waals surface area contributed by atoms with E-state index in [1.54, 1.807) is 32.0 Å². The lowest BCUT2D eigenvalue weighted by Gasteiger charge is -2.19. The lowest BCUT2D eigenvalue weighted by atomic mass is 9.99. The summed E-state index contributed by atoms with van der Waals surface area (Å²) in [5, 5.41) is 10.5. The van der Waals surface area contributed by atoms with Gasteiger partial charge in [-0.05, 0) is 45.9 Å². The molecule has 2 N–H and O–H groups in total. The molecule has 3 aromatic heterocycles. The largest absolute Gasteiger partial charge is 0.458 e. The van der Waals surface area contributed by atoms with Crippen molar-refractivity contribution in [3.63, 3.8) is 0 Å². The molecule has 1 aromatic carbocycles. The predicted octanol–water partition coefficient (Wildman–Crippen LogP) is 2.74. The molecule has 0 saturated carbocycles. The van der Waals surface area contributed by atoms with E-state index in [2.05, 4.69) is 25.7 Å². The summed E-state index contributed by atoms with van der Waals surface area (Å²) in [5.41, 5.74) is 1.31. The molecule has 1 atom stereocenters. The number of carbonyl (C=O) groups is 3. The van der Waals surface area contributed by atoms with E-state index in [0.717, 1.165) is 21.7 Å². The Kier molecular flexibility index (Phi) is 5.12. The van der Waals surface area contributed by atoms with Crippen molar-refractivity contribution >= 4 is 34.6 Å². The maximum atomic E-state index is 13.2. The number of fused-ring (bicyclic) bond motifs is 1. The molecule has 1 aliphatic rings. The summed E-state index contributed by atoms with van der Waals surface area (Å²) in [6, 6.07) is 11.8. The highest BCUT2D eigenvalue weighted by atomic mass is 16.3. The number of amides is 4. The van der Waals surface area contributed by atoms with Crippen LogP contribution in [0.15, 0.2) is 46.9 Å². The fourth-order valence-electron chi connectivity index (χ4n) is 4.10. The van der Waals surface area contributed by atoms with E-state index >= 15 is 0 Å². The van der Waals surface area contributed by atoms with Crippen molar-refractivity contribution in [3.05, 3.63) is 65.3 Å². The van der Waals surface area contributed by atoms with Gasteiger partial charge in [0.15, 0.2) is 5.54 Å². The maximum Gasteiger partial charge on any atom is 0.325 e. The molecule has 4 aromatic rings. The standard InChI is InChI=1S/C24H23N7O4/c1-13-9-14(2)26-22(25-13)31-19(10-15(3)29-31)27-20(32)12-30-21(33)24(4,28-23(30)34)18-11-16-7-5-6-8-17(16)35-18/h5-11H,12H2,1-4H3,(H,27,32)(H,28,34). The first-order valence-corrected chi connectivity index (χ1v) is 11.0. The number of benzene rings is 1. The number of aromatic nitrogens is 4. The first-order valence-electron chi connectivity index (χ1n) is 11.0. The van der Waals surface area contributed by atoms with Crippen molar-refractivity contribution in [1.82, 2.24) is 30.0 Å². The molecule has 11 nitrogen and oxygen atoms in total. The average molecular weight is 473 g/mol. The van der Waals surface area contributed by atoms with Gasteiger partial charge in [-0.2, -0.15) is 9.78 Å². The molecule has 0 bridgehead atoms. The van der Waals surface area contributed by atoms with Gasteiger partial charge in [0.05, 0.1) is 5.69 Å². The van der Waals surface area contributed by atoms with Gasteiger partial charge < -0.3 is 15.1 Å². The van der Waals surface area contributed by atoms with Crippen LogP contribution in [-0.4, -0.2) is 49.0 Å². The van der Waals surface area contributed by atoms with Gasteiger partial charge in [-0.25, -0.2) is 14.8 Å². The van der Waals surface area contributed by atoms with E-state index < -0.39 is 29.9 Å². The zero-order chi connectivity index (χ0) is 24.9. The zero-order valence-electron chi connectivity index (χ0n) is 19.6. The number of hydrogen-bond donors (Lipinski definition) is 2. The number of nitrogens with zero attached hydrogens (tertiary/aromatic N) is 5.